The molecule has 4 nitrogen and oxygen atoms in total. The molecule has 0 aromatic carbocycles. The van der Waals surface area contributed by atoms with Crippen molar-refractivity contribution >= 4 is 11.8 Å². The van der Waals surface area contributed by atoms with Crippen LogP contribution in [-0.4, -0.2) is 47.6 Å². The zero-order valence-electron chi connectivity index (χ0n) is 23.9. The SMILES string of the molecule is C[C@@H](NC(=O)C(F)(F)C(F)(F)C(F)(F)C(F)(F)C(=O)N[C@H](C)C12CC3CC(CC(C3)C1)C2)C12CC3CC(CC(C3)C1)C2. The van der Waals surface area contributed by atoms with Gasteiger partial charge in [0.05, 0.1) is 0 Å². The van der Waals surface area contributed by atoms with E-state index in [0.29, 0.717) is 74.0 Å². The number of carbonyl (C=O) groups excluding carboxylic acids is 2. The fourth-order valence-corrected chi connectivity index (χ4v) is 11.0. The minimum absolute atomic E-state index is 0.319. The maximum atomic E-state index is 14.9. The first kappa shape index (κ1) is 30.4. The first-order chi connectivity index (χ1) is 19.3. The second-order valence-electron chi connectivity index (χ2n) is 15.2. The van der Waals surface area contributed by atoms with Gasteiger partial charge in [-0.15, -0.1) is 0 Å². The van der Waals surface area contributed by atoms with Crippen LogP contribution in [0, 0.1) is 46.3 Å². The van der Waals surface area contributed by atoms with Gasteiger partial charge >= 0.3 is 23.7 Å². The number of nitrogens with one attached hydrogen (secondary N) is 2. The van der Waals surface area contributed by atoms with Crippen LogP contribution < -0.4 is 10.6 Å². The predicted molar refractivity (Wildman–Crippen MR) is 136 cm³/mol. The fourth-order valence-electron chi connectivity index (χ4n) is 11.0. The van der Waals surface area contributed by atoms with Gasteiger partial charge in [0, 0.05) is 12.1 Å². The number of amides is 2. The smallest absolute Gasteiger partial charge is 0.348 e. The Kier molecular flexibility index (Phi) is 6.84. The zero-order valence-corrected chi connectivity index (χ0v) is 23.9. The standard InChI is InChI=1S/C30H40F8N2O2/c1-15(25-9-17-3-18(10-25)5-19(4-17)11-25)39-23(41)27(31,32)29(35,36)30(37,38)28(33,34)24(42)40-16(2)26-12-20-6-21(13-26)8-22(7-20)14-26/h15-22H,3-14H2,1-2H3,(H,39,41)(H,40,42)/t15-,16-,17?,18?,19?,20?,21?,22?,25?,26?/m1/s1. The highest BCUT2D eigenvalue weighted by atomic mass is 19.4. The average molecular weight is 613 g/mol. The summed E-state index contributed by atoms with van der Waals surface area (Å²) in [6.45, 7) is 2.76. The van der Waals surface area contributed by atoms with Crippen molar-refractivity contribution in [1.29, 1.82) is 0 Å². The average Bonchev–Trinajstić information content (AvgIpc) is 2.86. The molecule has 42 heavy (non-hydrogen) atoms. The largest absolute Gasteiger partial charge is 0.392 e. The van der Waals surface area contributed by atoms with Crippen LogP contribution in [0.5, 0.6) is 0 Å². The Balaban J connectivity index is 1.15. The minimum atomic E-state index is -6.85. The van der Waals surface area contributed by atoms with E-state index in [9.17, 15) is 44.7 Å². The summed E-state index contributed by atoms with van der Waals surface area (Å²) in [4.78, 5) is 25.0. The Morgan fingerprint density at radius 1 is 0.524 bits per heavy atom. The van der Waals surface area contributed by atoms with Crippen LogP contribution in [0.2, 0.25) is 0 Å². The topological polar surface area (TPSA) is 58.2 Å². The lowest BCUT2D eigenvalue weighted by Crippen LogP contribution is -2.70. The van der Waals surface area contributed by atoms with Crippen molar-refractivity contribution < 1.29 is 44.7 Å². The number of halogens is 8. The Hall–Kier alpha value is -1.62. The second kappa shape index (κ2) is 9.44. The molecular formula is C30H40F8N2O2. The number of rotatable bonds is 9. The van der Waals surface area contributed by atoms with Crippen molar-refractivity contribution in [3.63, 3.8) is 0 Å². The molecular weight excluding hydrogens is 572 g/mol. The molecule has 8 fully saturated rings. The van der Waals surface area contributed by atoms with Gasteiger partial charge in [-0.05, 0) is 137 Å². The van der Waals surface area contributed by atoms with E-state index in [2.05, 4.69) is 0 Å². The molecule has 0 heterocycles. The van der Waals surface area contributed by atoms with Crippen LogP contribution in [-0.2, 0) is 9.59 Å². The van der Waals surface area contributed by atoms with Crippen molar-refractivity contribution in [2.75, 3.05) is 0 Å². The second-order valence-corrected chi connectivity index (χ2v) is 15.2. The molecule has 0 saturated heterocycles. The van der Waals surface area contributed by atoms with Gasteiger partial charge in [-0.3, -0.25) is 9.59 Å². The summed E-state index contributed by atoms with van der Waals surface area (Å²) in [7, 11) is 0. The van der Waals surface area contributed by atoms with Gasteiger partial charge in [0.1, 0.15) is 0 Å². The Morgan fingerprint density at radius 2 is 0.738 bits per heavy atom. The van der Waals surface area contributed by atoms with Crippen molar-refractivity contribution in [1.82, 2.24) is 10.6 Å². The van der Waals surface area contributed by atoms with Crippen molar-refractivity contribution in [2.45, 2.75) is 127 Å². The van der Waals surface area contributed by atoms with Crippen LogP contribution in [0.25, 0.3) is 0 Å². The molecule has 0 spiro atoms. The van der Waals surface area contributed by atoms with E-state index in [-0.39, 0.29) is 0 Å². The van der Waals surface area contributed by atoms with E-state index >= 15 is 0 Å². The van der Waals surface area contributed by atoms with E-state index in [1.54, 1.807) is 10.6 Å². The third kappa shape index (κ3) is 4.32. The van der Waals surface area contributed by atoms with E-state index in [1.165, 1.54) is 13.8 Å². The molecule has 8 aliphatic carbocycles. The van der Waals surface area contributed by atoms with Gasteiger partial charge < -0.3 is 10.6 Å². The number of carbonyl (C=O) groups is 2. The van der Waals surface area contributed by atoms with E-state index in [1.807, 2.05) is 0 Å². The Bertz CT molecular complexity index is 968. The van der Waals surface area contributed by atoms with Crippen LogP contribution in [0.4, 0.5) is 35.1 Å². The van der Waals surface area contributed by atoms with Crippen LogP contribution in [0.3, 0.4) is 0 Å². The highest BCUT2D eigenvalue weighted by Crippen LogP contribution is 2.63. The van der Waals surface area contributed by atoms with Crippen molar-refractivity contribution in [2.24, 2.45) is 46.3 Å². The predicted octanol–water partition coefficient (Wildman–Crippen LogP) is 6.97. The molecule has 2 atom stereocenters. The molecule has 8 bridgehead atoms. The highest BCUT2D eigenvalue weighted by Gasteiger charge is 2.84. The molecule has 238 valence electrons. The molecule has 8 rings (SSSR count). The van der Waals surface area contributed by atoms with Crippen molar-refractivity contribution in [3.8, 4) is 0 Å². The fraction of sp³-hybridized carbons (Fsp3) is 0.933. The van der Waals surface area contributed by atoms with E-state index < -0.39 is 58.4 Å². The maximum absolute atomic E-state index is 14.9. The van der Waals surface area contributed by atoms with E-state index in [0.717, 1.165) is 38.5 Å². The van der Waals surface area contributed by atoms with Gasteiger partial charge in [-0.1, -0.05) is 0 Å². The summed E-state index contributed by atoms with van der Waals surface area (Å²) >= 11 is 0. The molecule has 0 radical (unpaired) electrons. The quantitative estimate of drug-likeness (QED) is 0.277. The molecule has 0 unspecified atom stereocenters. The Labute approximate surface area is 240 Å². The number of hydrogen-bond acceptors (Lipinski definition) is 2. The summed E-state index contributed by atoms with van der Waals surface area (Å²) in [5.41, 5.74) is -1.26. The lowest BCUT2D eigenvalue weighted by atomic mass is 9.48. The van der Waals surface area contributed by atoms with Gasteiger partial charge in [0.15, 0.2) is 0 Å². The third-order valence-electron chi connectivity index (χ3n) is 12.5. The van der Waals surface area contributed by atoms with Crippen LogP contribution in [0.1, 0.15) is 90.9 Å². The van der Waals surface area contributed by atoms with Crippen molar-refractivity contribution in [3.05, 3.63) is 0 Å². The summed E-state index contributed by atoms with van der Waals surface area (Å²) in [5, 5.41) is 3.59. The maximum Gasteiger partial charge on any atom is 0.392 e. The van der Waals surface area contributed by atoms with E-state index in [4.69, 9.17) is 0 Å². The Morgan fingerprint density at radius 3 is 0.952 bits per heavy atom. The van der Waals surface area contributed by atoms with Gasteiger partial charge in [-0.2, -0.15) is 35.1 Å². The van der Waals surface area contributed by atoms with Gasteiger partial charge in [0.25, 0.3) is 11.8 Å². The molecule has 12 heteroatoms. The molecule has 0 aliphatic heterocycles. The summed E-state index contributed by atoms with van der Waals surface area (Å²) in [6.07, 6.45) is 9.40. The first-order valence-electron chi connectivity index (χ1n) is 15.4. The lowest BCUT2D eigenvalue weighted by Gasteiger charge is -2.59. The molecule has 0 aromatic heterocycles. The summed E-state index contributed by atoms with van der Waals surface area (Å²) < 4.78 is 119. The normalized spacial score (nSPS) is 40.6. The highest BCUT2D eigenvalue weighted by molar-refractivity contribution is 5.87. The molecule has 8 aliphatic rings. The molecule has 2 N–H and O–H groups in total. The third-order valence-corrected chi connectivity index (χ3v) is 12.5. The number of hydrogen-bond donors (Lipinski definition) is 2. The molecule has 0 aromatic rings. The monoisotopic (exact) mass is 612 g/mol. The van der Waals surface area contributed by atoms with Gasteiger partial charge in [0.2, 0.25) is 0 Å². The number of alkyl halides is 8. The minimum Gasteiger partial charge on any atom is -0.348 e. The van der Waals surface area contributed by atoms with Crippen LogP contribution >= 0.6 is 0 Å². The zero-order chi connectivity index (χ0) is 30.7. The molecule has 8 saturated carbocycles. The van der Waals surface area contributed by atoms with Crippen LogP contribution in [0.15, 0.2) is 0 Å². The summed E-state index contributed by atoms with van der Waals surface area (Å²) in [6, 6.07) is -2.09. The van der Waals surface area contributed by atoms with Gasteiger partial charge in [-0.25, -0.2) is 0 Å². The first-order valence-corrected chi connectivity index (χ1v) is 15.4. The lowest BCUT2D eigenvalue weighted by molar-refractivity contribution is -0.347. The summed E-state index contributed by atoms with van der Waals surface area (Å²) in [5.74, 6) is -29.7. The molecule has 2 amide bonds.